The summed E-state index contributed by atoms with van der Waals surface area (Å²) < 4.78 is 0. The summed E-state index contributed by atoms with van der Waals surface area (Å²) in [4.78, 5) is 51.0. The summed E-state index contributed by atoms with van der Waals surface area (Å²) in [5, 5.41) is 5.91. The van der Waals surface area contributed by atoms with Crippen molar-refractivity contribution in [2.24, 2.45) is 0 Å². The standard InChI is InChI=1S/C25H28ClN7O3/c1-30-14-20-23(34)33(16-32(20)15-30)19-9-11-31(12-10-19)24(35)22(17-5-3-2-4-6-17)29-25(36)28-21-8-7-18(26)13-27-21/h2-8,13-14,19,22H,9-12,15-16H2,1H3,(H2,27,28,29,36). The Balaban J connectivity index is 1.23. The van der Waals surface area contributed by atoms with Crippen LogP contribution in [0, 0.1) is 0 Å². The summed E-state index contributed by atoms with van der Waals surface area (Å²) in [7, 11) is 1.95. The van der Waals surface area contributed by atoms with Crippen molar-refractivity contribution in [3.05, 3.63) is 71.1 Å². The van der Waals surface area contributed by atoms with Gasteiger partial charge in [-0.1, -0.05) is 41.9 Å². The average Bonchev–Trinajstić information content (AvgIpc) is 3.40. The Morgan fingerprint density at radius 3 is 2.50 bits per heavy atom. The van der Waals surface area contributed by atoms with Crippen LogP contribution in [-0.4, -0.2) is 81.9 Å². The fraction of sp³-hybridized carbons (Fsp3) is 0.360. The maximum absolute atomic E-state index is 13.6. The van der Waals surface area contributed by atoms with Gasteiger partial charge in [0.05, 0.1) is 18.4 Å². The normalized spacial score (nSPS) is 18.7. The van der Waals surface area contributed by atoms with E-state index in [0.29, 0.717) is 55.7 Å². The van der Waals surface area contributed by atoms with Crippen LogP contribution in [0.4, 0.5) is 10.6 Å². The second kappa shape index (κ2) is 10.1. The molecule has 188 valence electrons. The zero-order valence-electron chi connectivity index (χ0n) is 19.9. The monoisotopic (exact) mass is 509 g/mol. The van der Waals surface area contributed by atoms with E-state index in [9.17, 15) is 14.4 Å². The van der Waals surface area contributed by atoms with Gasteiger partial charge in [0.15, 0.2) is 0 Å². The number of aromatic nitrogens is 1. The van der Waals surface area contributed by atoms with Crippen LogP contribution < -0.4 is 10.6 Å². The molecular weight excluding hydrogens is 482 g/mol. The van der Waals surface area contributed by atoms with Crippen molar-refractivity contribution >= 4 is 35.3 Å². The van der Waals surface area contributed by atoms with Gasteiger partial charge in [0, 0.05) is 38.6 Å². The second-order valence-corrected chi connectivity index (χ2v) is 9.67. The highest BCUT2D eigenvalue weighted by molar-refractivity contribution is 6.30. The van der Waals surface area contributed by atoms with Crippen molar-refractivity contribution in [1.29, 1.82) is 0 Å². The molecule has 4 amide bonds. The minimum atomic E-state index is -0.852. The van der Waals surface area contributed by atoms with Crippen LogP contribution >= 0.6 is 11.6 Å². The van der Waals surface area contributed by atoms with Crippen LogP contribution in [0.15, 0.2) is 60.6 Å². The number of amides is 4. The lowest BCUT2D eigenvalue weighted by Gasteiger charge is -2.38. The Morgan fingerprint density at radius 1 is 1.08 bits per heavy atom. The first-order valence-electron chi connectivity index (χ1n) is 11.9. The molecule has 3 aliphatic rings. The van der Waals surface area contributed by atoms with Gasteiger partial charge >= 0.3 is 6.03 Å². The molecule has 1 aromatic heterocycles. The van der Waals surface area contributed by atoms with Crippen LogP contribution in [0.1, 0.15) is 24.4 Å². The van der Waals surface area contributed by atoms with E-state index in [1.54, 1.807) is 17.0 Å². The van der Waals surface area contributed by atoms with E-state index < -0.39 is 12.1 Å². The Bertz CT molecular complexity index is 1170. The SMILES string of the molecule is CN1C=C2C(=O)N(C3CCN(C(=O)C(NC(=O)Nc4ccc(Cl)cn4)c4ccccc4)CC3)CN2C1. The number of carbonyl (C=O) groups excluding carboxylic acids is 3. The first-order chi connectivity index (χ1) is 17.4. The highest BCUT2D eigenvalue weighted by atomic mass is 35.5. The molecule has 2 saturated heterocycles. The number of fused-ring (bicyclic) bond motifs is 1. The number of halogens is 1. The molecule has 0 saturated carbocycles. The lowest BCUT2D eigenvalue weighted by atomic mass is 10.0. The predicted molar refractivity (Wildman–Crippen MR) is 134 cm³/mol. The van der Waals surface area contributed by atoms with Gasteiger partial charge in [0.25, 0.3) is 5.91 Å². The molecule has 10 nitrogen and oxygen atoms in total. The molecule has 2 fully saturated rings. The molecule has 3 aliphatic heterocycles. The van der Waals surface area contributed by atoms with Crippen LogP contribution in [0.25, 0.3) is 0 Å². The van der Waals surface area contributed by atoms with Crippen molar-refractivity contribution in [3.8, 4) is 0 Å². The van der Waals surface area contributed by atoms with Crippen LogP contribution in [0.2, 0.25) is 5.02 Å². The fourth-order valence-corrected chi connectivity index (χ4v) is 5.02. The van der Waals surface area contributed by atoms with Crippen molar-refractivity contribution in [2.45, 2.75) is 24.9 Å². The number of likely N-dealkylation sites (tertiary alicyclic amines) is 1. The number of hydrogen-bond donors (Lipinski definition) is 2. The number of nitrogens with one attached hydrogen (secondary N) is 2. The van der Waals surface area contributed by atoms with Gasteiger partial charge in [0.2, 0.25) is 5.91 Å². The summed E-state index contributed by atoms with van der Waals surface area (Å²) >= 11 is 5.86. The second-order valence-electron chi connectivity index (χ2n) is 9.23. The van der Waals surface area contributed by atoms with E-state index in [4.69, 9.17) is 11.6 Å². The van der Waals surface area contributed by atoms with Gasteiger partial charge in [-0.25, -0.2) is 9.78 Å². The molecule has 0 spiro atoms. The third-order valence-corrected chi connectivity index (χ3v) is 6.94. The molecule has 4 heterocycles. The van der Waals surface area contributed by atoms with E-state index in [1.807, 2.05) is 53.4 Å². The van der Waals surface area contributed by atoms with Crippen molar-refractivity contribution in [3.63, 3.8) is 0 Å². The van der Waals surface area contributed by atoms with Gasteiger partial charge in [-0.2, -0.15) is 0 Å². The third-order valence-electron chi connectivity index (χ3n) is 6.72. The predicted octanol–water partition coefficient (Wildman–Crippen LogP) is 2.43. The Kier molecular flexibility index (Phi) is 6.69. The quantitative estimate of drug-likeness (QED) is 0.642. The summed E-state index contributed by atoms with van der Waals surface area (Å²) in [6, 6.07) is 11.1. The number of anilines is 1. The summed E-state index contributed by atoms with van der Waals surface area (Å²) in [6.45, 7) is 2.32. The van der Waals surface area contributed by atoms with Crippen LogP contribution in [0.3, 0.4) is 0 Å². The molecule has 2 aromatic rings. The number of hydrogen-bond acceptors (Lipinski definition) is 6. The zero-order chi connectivity index (χ0) is 25.2. The van der Waals surface area contributed by atoms with Crippen molar-refractivity contribution in [1.82, 2.24) is 29.9 Å². The minimum Gasteiger partial charge on any atom is -0.361 e. The molecule has 1 atom stereocenters. The van der Waals surface area contributed by atoms with E-state index in [-0.39, 0.29) is 17.9 Å². The molecule has 1 aromatic carbocycles. The number of rotatable bonds is 5. The van der Waals surface area contributed by atoms with E-state index in [1.165, 1.54) is 6.20 Å². The number of carbonyl (C=O) groups is 3. The van der Waals surface area contributed by atoms with E-state index in [2.05, 4.69) is 20.5 Å². The molecule has 5 rings (SSSR count). The topological polar surface area (TPSA) is 101 Å². The summed E-state index contributed by atoms with van der Waals surface area (Å²) in [5.74, 6) is 0.200. The highest BCUT2D eigenvalue weighted by Gasteiger charge is 2.41. The average molecular weight is 510 g/mol. The molecule has 0 aliphatic carbocycles. The zero-order valence-corrected chi connectivity index (χ0v) is 20.7. The maximum atomic E-state index is 13.6. The Labute approximate surface area is 214 Å². The van der Waals surface area contributed by atoms with Gasteiger partial charge in [-0.15, -0.1) is 0 Å². The largest absolute Gasteiger partial charge is 0.361 e. The highest BCUT2D eigenvalue weighted by Crippen LogP contribution is 2.29. The number of urea groups is 1. The van der Waals surface area contributed by atoms with Gasteiger partial charge in [0.1, 0.15) is 17.6 Å². The number of nitrogens with zero attached hydrogens (tertiary/aromatic N) is 5. The Morgan fingerprint density at radius 2 is 1.83 bits per heavy atom. The van der Waals surface area contributed by atoms with Gasteiger partial charge in [-0.3, -0.25) is 14.9 Å². The Hall–Kier alpha value is -3.79. The molecule has 0 bridgehead atoms. The van der Waals surface area contributed by atoms with E-state index in [0.717, 1.165) is 5.70 Å². The van der Waals surface area contributed by atoms with Gasteiger partial charge < -0.3 is 24.9 Å². The molecule has 0 radical (unpaired) electrons. The maximum Gasteiger partial charge on any atom is 0.321 e. The molecule has 2 N–H and O–H groups in total. The van der Waals surface area contributed by atoms with Crippen molar-refractivity contribution in [2.75, 3.05) is 38.8 Å². The first-order valence-corrected chi connectivity index (χ1v) is 12.3. The van der Waals surface area contributed by atoms with Gasteiger partial charge in [-0.05, 0) is 30.5 Å². The smallest absolute Gasteiger partial charge is 0.321 e. The van der Waals surface area contributed by atoms with Crippen LogP contribution in [-0.2, 0) is 9.59 Å². The third kappa shape index (κ3) is 4.94. The summed E-state index contributed by atoms with van der Waals surface area (Å²) in [6.07, 6.45) is 4.71. The number of pyridine rings is 1. The molecular formula is C25H28ClN7O3. The van der Waals surface area contributed by atoms with E-state index >= 15 is 0 Å². The molecule has 1 unspecified atom stereocenters. The molecule has 11 heteroatoms. The minimum absolute atomic E-state index is 0.0560. The lowest BCUT2D eigenvalue weighted by molar-refractivity contribution is -0.135. The lowest BCUT2D eigenvalue weighted by Crippen LogP contribution is -2.51. The first kappa shape index (κ1) is 23.9. The fourth-order valence-electron chi connectivity index (χ4n) is 4.91. The molecule has 36 heavy (non-hydrogen) atoms. The number of benzene rings is 1. The van der Waals surface area contributed by atoms with Crippen LogP contribution in [0.5, 0.6) is 0 Å². The summed E-state index contributed by atoms with van der Waals surface area (Å²) in [5.41, 5.74) is 1.43. The van der Waals surface area contributed by atoms with Crippen molar-refractivity contribution < 1.29 is 14.4 Å². The number of piperidine rings is 1.